The molecular formula is C9H14N2. The molecule has 0 bridgehead atoms. The summed E-state index contributed by atoms with van der Waals surface area (Å²) in [6.07, 6.45) is 10.3. The second-order valence-corrected chi connectivity index (χ2v) is 3.18. The van der Waals surface area contributed by atoms with Crippen molar-refractivity contribution in [3.63, 3.8) is 0 Å². The molecule has 0 saturated heterocycles. The van der Waals surface area contributed by atoms with Crippen molar-refractivity contribution in [1.29, 1.82) is 0 Å². The van der Waals surface area contributed by atoms with Gasteiger partial charge in [-0.3, -0.25) is 4.99 Å². The Morgan fingerprint density at radius 2 is 2.45 bits per heavy atom. The van der Waals surface area contributed by atoms with Crippen LogP contribution in [-0.2, 0) is 0 Å². The quantitative estimate of drug-likeness (QED) is 0.510. The zero-order chi connectivity index (χ0) is 7.52. The van der Waals surface area contributed by atoms with Crippen molar-refractivity contribution < 1.29 is 0 Å². The molecule has 0 N–H and O–H groups in total. The number of hydrogen-bond acceptors (Lipinski definition) is 2. The van der Waals surface area contributed by atoms with Crippen molar-refractivity contribution >= 4 is 6.21 Å². The van der Waals surface area contributed by atoms with E-state index in [-0.39, 0.29) is 0 Å². The first-order chi connectivity index (χ1) is 5.47. The van der Waals surface area contributed by atoms with Crippen LogP contribution in [0.15, 0.2) is 17.3 Å². The Balaban J connectivity index is 2.11. The van der Waals surface area contributed by atoms with Crippen LogP contribution in [-0.4, -0.2) is 30.2 Å². The van der Waals surface area contributed by atoms with Gasteiger partial charge in [-0.15, -0.1) is 0 Å². The summed E-state index contributed by atoms with van der Waals surface area (Å²) >= 11 is 0. The van der Waals surface area contributed by atoms with Crippen molar-refractivity contribution in [3.05, 3.63) is 12.3 Å². The van der Waals surface area contributed by atoms with Gasteiger partial charge in [0.25, 0.3) is 0 Å². The molecular weight excluding hydrogens is 136 g/mol. The van der Waals surface area contributed by atoms with Crippen LogP contribution in [0.25, 0.3) is 0 Å². The third-order valence-electron chi connectivity index (χ3n) is 2.33. The highest BCUT2D eigenvalue weighted by Gasteiger charge is 2.16. The minimum atomic E-state index is 0.600. The zero-order valence-electron chi connectivity index (χ0n) is 6.74. The van der Waals surface area contributed by atoms with E-state index in [4.69, 9.17) is 0 Å². The van der Waals surface area contributed by atoms with Gasteiger partial charge in [-0.1, -0.05) is 6.08 Å². The van der Waals surface area contributed by atoms with E-state index < -0.39 is 0 Å². The number of hydrogen-bond donors (Lipinski definition) is 0. The van der Waals surface area contributed by atoms with Gasteiger partial charge in [0, 0.05) is 19.3 Å². The molecule has 1 unspecified atom stereocenters. The molecule has 2 nitrogen and oxygen atoms in total. The van der Waals surface area contributed by atoms with E-state index >= 15 is 0 Å². The summed E-state index contributed by atoms with van der Waals surface area (Å²) in [5.41, 5.74) is 0. The Morgan fingerprint density at radius 3 is 3.45 bits per heavy atom. The molecule has 2 heterocycles. The van der Waals surface area contributed by atoms with Crippen LogP contribution < -0.4 is 0 Å². The molecule has 0 saturated carbocycles. The monoisotopic (exact) mass is 150 g/mol. The van der Waals surface area contributed by atoms with Crippen molar-refractivity contribution in [2.45, 2.75) is 25.3 Å². The SMILES string of the molecule is C1=CN2CCCN=CC2CC1. The molecule has 0 fully saturated rings. The molecule has 2 aliphatic rings. The van der Waals surface area contributed by atoms with Crippen LogP contribution in [0.4, 0.5) is 0 Å². The Morgan fingerprint density at radius 1 is 1.45 bits per heavy atom. The molecule has 0 aromatic carbocycles. The Kier molecular flexibility index (Phi) is 1.93. The van der Waals surface area contributed by atoms with E-state index in [2.05, 4.69) is 28.4 Å². The molecule has 0 aromatic rings. The highest BCUT2D eigenvalue weighted by molar-refractivity contribution is 5.65. The van der Waals surface area contributed by atoms with E-state index in [1.807, 2.05) is 0 Å². The first-order valence-corrected chi connectivity index (χ1v) is 4.39. The van der Waals surface area contributed by atoms with E-state index in [9.17, 15) is 0 Å². The fraction of sp³-hybridized carbons (Fsp3) is 0.667. The molecule has 0 spiro atoms. The second kappa shape index (κ2) is 3.07. The Hall–Kier alpha value is -0.790. The average molecular weight is 150 g/mol. The third kappa shape index (κ3) is 1.44. The summed E-state index contributed by atoms with van der Waals surface area (Å²) in [7, 11) is 0. The predicted octanol–water partition coefficient (Wildman–Crippen LogP) is 1.44. The van der Waals surface area contributed by atoms with E-state index in [1.165, 1.54) is 25.8 Å². The van der Waals surface area contributed by atoms with Gasteiger partial charge in [0.1, 0.15) is 0 Å². The molecule has 2 rings (SSSR count). The summed E-state index contributed by atoms with van der Waals surface area (Å²) in [4.78, 5) is 6.76. The number of fused-ring (bicyclic) bond motifs is 1. The predicted molar refractivity (Wildman–Crippen MR) is 46.8 cm³/mol. The lowest BCUT2D eigenvalue weighted by Crippen LogP contribution is -2.33. The first-order valence-electron chi connectivity index (χ1n) is 4.39. The number of allylic oxidation sites excluding steroid dienone is 1. The van der Waals surface area contributed by atoms with Gasteiger partial charge in [-0.25, -0.2) is 0 Å². The summed E-state index contributed by atoms with van der Waals surface area (Å²) in [6.45, 7) is 2.20. The molecule has 0 amide bonds. The van der Waals surface area contributed by atoms with Crippen LogP contribution in [0.3, 0.4) is 0 Å². The molecule has 0 aromatic heterocycles. The van der Waals surface area contributed by atoms with Gasteiger partial charge >= 0.3 is 0 Å². The van der Waals surface area contributed by atoms with E-state index in [0.717, 1.165) is 6.54 Å². The minimum Gasteiger partial charge on any atom is -0.370 e. The lowest BCUT2D eigenvalue weighted by atomic mass is 10.1. The number of aliphatic imine (C=N–C) groups is 1. The molecule has 1 atom stereocenters. The molecule has 0 radical (unpaired) electrons. The highest BCUT2D eigenvalue weighted by atomic mass is 15.2. The van der Waals surface area contributed by atoms with Crippen LogP contribution in [0.1, 0.15) is 19.3 Å². The Bertz CT molecular complexity index is 184. The van der Waals surface area contributed by atoms with Gasteiger partial charge < -0.3 is 4.90 Å². The summed E-state index contributed by atoms with van der Waals surface area (Å²) in [5, 5.41) is 0. The maximum atomic E-state index is 4.35. The normalized spacial score (nSPS) is 29.8. The summed E-state index contributed by atoms with van der Waals surface area (Å²) in [5.74, 6) is 0. The maximum absolute atomic E-state index is 4.35. The molecule has 11 heavy (non-hydrogen) atoms. The zero-order valence-corrected chi connectivity index (χ0v) is 6.74. The van der Waals surface area contributed by atoms with Gasteiger partial charge in [-0.2, -0.15) is 0 Å². The summed E-state index contributed by atoms with van der Waals surface area (Å²) in [6, 6.07) is 0.600. The first kappa shape index (κ1) is 6.89. The van der Waals surface area contributed by atoms with Crippen LogP contribution in [0, 0.1) is 0 Å². The van der Waals surface area contributed by atoms with Crippen LogP contribution >= 0.6 is 0 Å². The number of nitrogens with zero attached hydrogens (tertiary/aromatic N) is 2. The molecule has 60 valence electrons. The lowest BCUT2D eigenvalue weighted by molar-refractivity contribution is 0.317. The fourth-order valence-electron chi connectivity index (χ4n) is 1.69. The molecule has 0 aliphatic carbocycles. The third-order valence-corrected chi connectivity index (χ3v) is 2.33. The van der Waals surface area contributed by atoms with Crippen molar-refractivity contribution in [1.82, 2.24) is 4.90 Å². The summed E-state index contributed by atoms with van der Waals surface area (Å²) < 4.78 is 0. The van der Waals surface area contributed by atoms with Crippen molar-refractivity contribution in [2.24, 2.45) is 4.99 Å². The van der Waals surface area contributed by atoms with E-state index in [1.54, 1.807) is 0 Å². The second-order valence-electron chi connectivity index (χ2n) is 3.18. The average Bonchev–Trinajstić information content (AvgIpc) is 2.28. The van der Waals surface area contributed by atoms with Crippen molar-refractivity contribution in [2.75, 3.05) is 13.1 Å². The largest absolute Gasteiger partial charge is 0.370 e. The maximum Gasteiger partial charge on any atom is 0.0637 e. The number of rotatable bonds is 0. The van der Waals surface area contributed by atoms with Crippen LogP contribution in [0.2, 0.25) is 0 Å². The van der Waals surface area contributed by atoms with Gasteiger partial charge in [0.15, 0.2) is 0 Å². The fourth-order valence-corrected chi connectivity index (χ4v) is 1.69. The van der Waals surface area contributed by atoms with Gasteiger partial charge in [0.05, 0.1) is 6.04 Å². The molecule has 2 heteroatoms. The minimum absolute atomic E-state index is 0.600. The molecule has 2 aliphatic heterocycles. The Labute approximate surface area is 67.6 Å². The standard InChI is InChI=1S/C9H14N2/c1-2-6-11-7-3-5-10-8-9(11)4-1/h2,6,8-9H,1,3-5,7H2. The van der Waals surface area contributed by atoms with Gasteiger partial charge in [0.2, 0.25) is 0 Å². The lowest BCUT2D eigenvalue weighted by Gasteiger charge is -2.29. The van der Waals surface area contributed by atoms with Gasteiger partial charge in [-0.05, 0) is 25.5 Å². The topological polar surface area (TPSA) is 15.6 Å². The van der Waals surface area contributed by atoms with E-state index in [0.29, 0.717) is 6.04 Å². The smallest absolute Gasteiger partial charge is 0.0637 e. The highest BCUT2D eigenvalue weighted by Crippen LogP contribution is 2.15. The van der Waals surface area contributed by atoms with Crippen molar-refractivity contribution in [3.8, 4) is 0 Å². The van der Waals surface area contributed by atoms with Crippen LogP contribution in [0.5, 0.6) is 0 Å².